The SMILES string of the molecule is O=C(O)C1(C2(c3cc(Br)ccc3F)COC2)CCC1. The van der Waals surface area contributed by atoms with E-state index in [1.807, 2.05) is 0 Å². The lowest BCUT2D eigenvalue weighted by Gasteiger charge is -2.57. The fraction of sp³-hybridized carbons (Fsp3) is 0.500. The molecule has 0 atom stereocenters. The average Bonchev–Trinajstić information content (AvgIpc) is 2.24. The van der Waals surface area contributed by atoms with Gasteiger partial charge in [-0.1, -0.05) is 22.4 Å². The van der Waals surface area contributed by atoms with Crippen molar-refractivity contribution in [2.75, 3.05) is 13.2 Å². The van der Waals surface area contributed by atoms with Crippen molar-refractivity contribution in [2.24, 2.45) is 5.41 Å². The second kappa shape index (κ2) is 4.28. The predicted molar refractivity (Wildman–Crippen MR) is 70.5 cm³/mol. The van der Waals surface area contributed by atoms with Crippen LogP contribution in [0.3, 0.4) is 0 Å². The summed E-state index contributed by atoms with van der Waals surface area (Å²) in [6.07, 6.45) is 2.07. The molecule has 1 heterocycles. The zero-order valence-corrected chi connectivity index (χ0v) is 11.9. The number of rotatable bonds is 3. The van der Waals surface area contributed by atoms with Gasteiger partial charge in [-0.05, 0) is 31.0 Å². The van der Waals surface area contributed by atoms with Crippen LogP contribution in [0, 0.1) is 11.2 Å². The van der Waals surface area contributed by atoms with Crippen LogP contribution >= 0.6 is 15.9 Å². The molecule has 0 bridgehead atoms. The summed E-state index contributed by atoms with van der Waals surface area (Å²) in [6, 6.07) is 4.70. The van der Waals surface area contributed by atoms with Crippen LogP contribution < -0.4 is 0 Å². The fourth-order valence-corrected chi connectivity index (χ4v) is 3.65. The largest absolute Gasteiger partial charge is 0.481 e. The molecule has 1 aliphatic carbocycles. The topological polar surface area (TPSA) is 46.5 Å². The van der Waals surface area contributed by atoms with Gasteiger partial charge in [0.1, 0.15) is 5.82 Å². The molecule has 2 aliphatic rings. The number of hydrogen-bond donors (Lipinski definition) is 1. The van der Waals surface area contributed by atoms with Crippen LogP contribution in [-0.4, -0.2) is 24.3 Å². The minimum absolute atomic E-state index is 0.284. The normalized spacial score (nSPS) is 23.3. The summed E-state index contributed by atoms with van der Waals surface area (Å²) in [4.78, 5) is 11.7. The third-order valence-corrected chi connectivity index (χ3v) is 5.17. The first-order valence-electron chi connectivity index (χ1n) is 6.29. The highest BCUT2D eigenvalue weighted by molar-refractivity contribution is 9.10. The van der Waals surface area contributed by atoms with E-state index in [2.05, 4.69) is 15.9 Å². The molecule has 0 amide bonds. The molecule has 19 heavy (non-hydrogen) atoms. The third-order valence-electron chi connectivity index (χ3n) is 4.67. The van der Waals surface area contributed by atoms with Gasteiger partial charge in [-0.3, -0.25) is 4.79 Å². The van der Waals surface area contributed by atoms with E-state index in [1.165, 1.54) is 6.07 Å². The molecule has 1 saturated carbocycles. The quantitative estimate of drug-likeness (QED) is 0.927. The van der Waals surface area contributed by atoms with Crippen molar-refractivity contribution in [3.8, 4) is 0 Å². The second-order valence-electron chi connectivity index (χ2n) is 5.44. The summed E-state index contributed by atoms with van der Waals surface area (Å²) in [7, 11) is 0. The first kappa shape index (κ1) is 13.1. The Kier molecular flexibility index (Phi) is 2.94. The van der Waals surface area contributed by atoms with Gasteiger partial charge in [0.15, 0.2) is 0 Å². The molecule has 1 saturated heterocycles. The van der Waals surface area contributed by atoms with Crippen molar-refractivity contribution in [3.05, 3.63) is 34.1 Å². The molecule has 1 aromatic rings. The van der Waals surface area contributed by atoms with Crippen molar-refractivity contribution in [1.29, 1.82) is 0 Å². The highest BCUT2D eigenvalue weighted by atomic mass is 79.9. The Morgan fingerprint density at radius 1 is 1.37 bits per heavy atom. The lowest BCUT2D eigenvalue weighted by Crippen LogP contribution is -2.65. The minimum Gasteiger partial charge on any atom is -0.481 e. The van der Waals surface area contributed by atoms with E-state index in [4.69, 9.17) is 4.74 Å². The molecule has 0 unspecified atom stereocenters. The number of ether oxygens (including phenoxy) is 1. The van der Waals surface area contributed by atoms with Gasteiger partial charge >= 0.3 is 5.97 Å². The summed E-state index contributed by atoms with van der Waals surface area (Å²) < 4.78 is 20.2. The van der Waals surface area contributed by atoms with E-state index in [0.717, 1.165) is 10.9 Å². The molecule has 0 aromatic heterocycles. The van der Waals surface area contributed by atoms with Crippen molar-refractivity contribution >= 4 is 21.9 Å². The van der Waals surface area contributed by atoms with Crippen LogP contribution in [0.4, 0.5) is 4.39 Å². The smallest absolute Gasteiger partial charge is 0.310 e. The number of carbonyl (C=O) groups is 1. The lowest BCUT2D eigenvalue weighted by atomic mass is 9.49. The Labute approximate surface area is 118 Å². The molecule has 5 heteroatoms. The number of carboxylic acids is 1. The number of hydrogen-bond acceptors (Lipinski definition) is 2. The molecular formula is C14H14BrFO3. The molecular weight excluding hydrogens is 315 g/mol. The maximum Gasteiger partial charge on any atom is 0.310 e. The predicted octanol–water partition coefficient (Wildman–Crippen LogP) is 3.11. The number of aliphatic carboxylic acids is 1. The highest BCUT2D eigenvalue weighted by Gasteiger charge is 2.65. The van der Waals surface area contributed by atoms with E-state index in [-0.39, 0.29) is 19.0 Å². The fourth-order valence-electron chi connectivity index (χ4n) is 3.29. The number of halogens is 2. The summed E-state index contributed by atoms with van der Waals surface area (Å²) in [5, 5.41) is 9.62. The molecule has 3 rings (SSSR count). The Balaban J connectivity index is 2.13. The summed E-state index contributed by atoms with van der Waals surface area (Å²) in [5.41, 5.74) is -1.12. The van der Waals surface area contributed by atoms with Crippen LogP contribution in [0.1, 0.15) is 24.8 Å². The van der Waals surface area contributed by atoms with Crippen molar-refractivity contribution in [3.63, 3.8) is 0 Å². The Bertz CT molecular complexity index is 535. The van der Waals surface area contributed by atoms with E-state index in [1.54, 1.807) is 12.1 Å². The molecule has 102 valence electrons. The van der Waals surface area contributed by atoms with Crippen LogP contribution in [0.15, 0.2) is 22.7 Å². The van der Waals surface area contributed by atoms with Crippen molar-refractivity contribution < 1.29 is 19.0 Å². The van der Waals surface area contributed by atoms with Gasteiger partial charge in [-0.25, -0.2) is 4.39 Å². The van der Waals surface area contributed by atoms with Crippen LogP contribution in [-0.2, 0) is 14.9 Å². The van der Waals surface area contributed by atoms with Gasteiger partial charge in [0.25, 0.3) is 0 Å². The molecule has 0 spiro atoms. The van der Waals surface area contributed by atoms with Gasteiger partial charge in [0, 0.05) is 10.0 Å². The maximum atomic E-state index is 14.2. The monoisotopic (exact) mass is 328 g/mol. The van der Waals surface area contributed by atoms with Crippen LogP contribution in [0.2, 0.25) is 0 Å². The van der Waals surface area contributed by atoms with E-state index < -0.39 is 16.8 Å². The van der Waals surface area contributed by atoms with E-state index in [9.17, 15) is 14.3 Å². The minimum atomic E-state index is -0.868. The molecule has 2 fully saturated rings. The first-order valence-corrected chi connectivity index (χ1v) is 7.08. The zero-order chi connectivity index (χ0) is 13.7. The lowest BCUT2D eigenvalue weighted by molar-refractivity contribution is -0.192. The summed E-state index contributed by atoms with van der Waals surface area (Å²) in [6.45, 7) is 0.569. The average molecular weight is 329 g/mol. The van der Waals surface area contributed by atoms with Crippen molar-refractivity contribution in [2.45, 2.75) is 24.7 Å². The van der Waals surface area contributed by atoms with Gasteiger partial charge < -0.3 is 9.84 Å². The third kappa shape index (κ3) is 1.61. The number of benzene rings is 1. The zero-order valence-electron chi connectivity index (χ0n) is 10.3. The molecule has 1 aromatic carbocycles. The highest BCUT2D eigenvalue weighted by Crippen LogP contribution is 2.59. The molecule has 3 nitrogen and oxygen atoms in total. The van der Waals surface area contributed by atoms with Gasteiger partial charge in [0.2, 0.25) is 0 Å². The van der Waals surface area contributed by atoms with Crippen LogP contribution in [0.25, 0.3) is 0 Å². The summed E-state index contributed by atoms with van der Waals surface area (Å²) in [5.74, 6) is -1.18. The number of carboxylic acid groups (broad SMARTS) is 1. The standard InChI is InChI=1S/C14H14BrFO3/c15-9-2-3-11(16)10(6-9)14(7-19-8-14)13(12(17)18)4-1-5-13/h2-3,6H,1,4-5,7-8H2,(H,17,18). The van der Waals surface area contributed by atoms with Gasteiger partial charge in [-0.15, -0.1) is 0 Å². The van der Waals surface area contributed by atoms with E-state index >= 15 is 0 Å². The van der Waals surface area contributed by atoms with Gasteiger partial charge in [0.05, 0.1) is 24.0 Å². The van der Waals surface area contributed by atoms with Crippen molar-refractivity contribution in [1.82, 2.24) is 0 Å². The van der Waals surface area contributed by atoms with E-state index in [0.29, 0.717) is 18.4 Å². The maximum absolute atomic E-state index is 14.2. The second-order valence-corrected chi connectivity index (χ2v) is 6.36. The van der Waals surface area contributed by atoms with Gasteiger partial charge in [-0.2, -0.15) is 0 Å². The Hall–Kier alpha value is -0.940. The first-order chi connectivity index (χ1) is 9.02. The molecule has 1 aliphatic heterocycles. The molecule has 0 radical (unpaired) electrons. The molecule has 1 N–H and O–H groups in total. The summed E-state index contributed by atoms with van der Waals surface area (Å²) >= 11 is 3.33. The van der Waals surface area contributed by atoms with Crippen LogP contribution in [0.5, 0.6) is 0 Å². The Morgan fingerprint density at radius 2 is 2.05 bits per heavy atom. The Morgan fingerprint density at radius 3 is 2.47 bits per heavy atom.